The van der Waals surface area contributed by atoms with Gasteiger partial charge in [-0.25, -0.2) is 23.0 Å². The van der Waals surface area contributed by atoms with Crippen LogP contribution in [0.25, 0.3) is 0 Å². The number of likely N-dealkylation sites (N-methyl/N-ethyl adjacent to an activating group) is 2. The van der Waals surface area contributed by atoms with Gasteiger partial charge in [0.1, 0.15) is 23.3 Å². The van der Waals surface area contributed by atoms with Crippen LogP contribution in [0.5, 0.6) is 0 Å². The second kappa shape index (κ2) is 8.40. The number of benzene rings is 2. The number of halogens is 9. The standard InChI is InChI=1S/C20H15F9N4O/c1-32-15(10-3-5-11(21)6-4-10)31-18(19(24,25)26,20(27,28)29)16(32)33(2)17(34)30-14-8-7-12(22)9-13(14)23/h3-9,16H,1-2H3,(H,30,34). The van der Waals surface area contributed by atoms with Crippen LogP contribution >= 0.6 is 0 Å². The summed E-state index contributed by atoms with van der Waals surface area (Å²) in [7, 11) is 1.47. The van der Waals surface area contributed by atoms with Crippen molar-refractivity contribution in [1.82, 2.24) is 9.80 Å². The molecule has 3 rings (SSSR count). The van der Waals surface area contributed by atoms with Crippen LogP contribution in [0.1, 0.15) is 5.56 Å². The van der Waals surface area contributed by atoms with Crippen LogP contribution in [0.3, 0.4) is 0 Å². The Morgan fingerprint density at radius 2 is 1.50 bits per heavy atom. The number of alkyl halides is 6. The highest BCUT2D eigenvalue weighted by Gasteiger charge is 2.79. The number of anilines is 1. The normalized spacial score (nSPS) is 18.0. The van der Waals surface area contributed by atoms with Gasteiger partial charge in [-0.1, -0.05) is 0 Å². The molecule has 0 spiro atoms. The Morgan fingerprint density at radius 1 is 0.971 bits per heavy atom. The molecule has 1 aliphatic heterocycles. The fourth-order valence-electron chi connectivity index (χ4n) is 3.59. The van der Waals surface area contributed by atoms with Crippen molar-refractivity contribution >= 4 is 17.6 Å². The molecule has 2 aromatic carbocycles. The number of hydrogen-bond donors (Lipinski definition) is 1. The molecule has 0 aliphatic carbocycles. The first-order chi connectivity index (χ1) is 15.6. The summed E-state index contributed by atoms with van der Waals surface area (Å²) in [6.45, 7) is 0. The Bertz CT molecular complexity index is 1100. The second-order valence-corrected chi connectivity index (χ2v) is 7.35. The van der Waals surface area contributed by atoms with Crippen LogP contribution in [0, 0.1) is 17.5 Å². The molecule has 1 heterocycles. The molecule has 0 radical (unpaired) electrons. The smallest absolute Gasteiger partial charge is 0.336 e. The van der Waals surface area contributed by atoms with E-state index in [1.807, 2.05) is 5.32 Å². The van der Waals surface area contributed by atoms with Crippen molar-refractivity contribution in [1.29, 1.82) is 0 Å². The van der Waals surface area contributed by atoms with E-state index in [1.54, 1.807) is 0 Å². The molecule has 0 bridgehead atoms. The van der Waals surface area contributed by atoms with Crippen LogP contribution in [0.2, 0.25) is 0 Å². The van der Waals surface area contributed by atoms with Crippen LogP contribution in [0.4, 0.5) is 50.0 Å². The van der Waals surface area contributed by atoms with Gasteiger partial charge in [0.2, 0.25) is 0 Å². The molecule has 0 saturated carbocycles. The minimum Gasteiger partial charge on any atom is -0.336 e. The number of nitrogens with zero attached hydrogens (tertiary/aromatic N) is 3. The van der Waals surface area contributed by atoms with Gasteiger partial charge in [0.25, 0.3) is 5.54 Å². The summed E-state index contributed by atoms with van der Waals surface area (Å²) in [4.78, 5) is 16.1. The van der Waals surface area contributed by atoms with Crippen molar-refractivity contribution in [2.45, 2.75) is 24.1 Å². The SMILES string of the molecule is CN(C(=O)Nc1ccc(F)cc1F)C1N(C)C(c2ccc(F)cc2)=NC1(C(F)(F)F)C(F)(F)F. The quantitative estimate of drug-likeness (QED) is 0.596. The third-order valence-corrected chi connectivity index (χ3v) is 5.18. The lowest BCUT2D eigenvalue weighted by Gasteiger charge is -2.42. The van der Waals surface area contributed by atoms with Gasteiger partial charge in [-0.3, -0.25) is 0 Å². The van der Waals surface area contributed by atoms with Gasteiger partial charge in [-0.05, 0) is 36.4 Å². The number of carbonyl (C=O) groups excluding carboxylic acids is 1. The van der Waals surface area contributed by atoms with Gasteiger partial charge < -0.3 is 15.1 Å². The van der Waals surface area contributed by atoms with E-state index in [9.17, 15) is 44.3 Å². The highest BCUT2D eigenvalue weighted by molar-refractivity contribution is 6.01. The maximum Gasteiger partial charge on any atom is 0.426 e. The first-order valence-corrected chi connectivity index (χ1v) is 9.31. The summed E-state index contributed by atoms with van der Waals surface area (Å²) in [6, 6.07) is 3.77. The molecule has 14 heteroatoms. The fourth-order valence-corrected chi connectivity index (χ4v) is 3.59. The first kappa shape index (κ1) is 25.2. The average molecular weight is 498 g/mol. The summed E-state index contributed by atoms with van der Waals surface area (Å²) < 4.78 is 125. The number of amides is 2. The van der Waals surface area contributed by atoms with E-state index in [4.69, 9.17) is 0 Å². The molecule has 0 saturated heterocycles. The van der Waals surface area contributed by atoms with E-state index in [2.05, 4.69) is 4.99 Å². The molecule has 0 aromatic heterocycles. The van der Waals surface area contributed by atoms with Crippen LogP contribution in [-0.2, 0) is 0 Å². The predicted molar refractivity (Wildman–Crippen MR) is 102 cm³/mol. The molecule has 1 aliphatic rings. The lowest BCUT2D eigenvalue weighted by molar-refractivity contribution is -0.311. The van der Waals surface area contributed by atoms with Crippen molar-refractivity contribution in [3.63, 3.8) is 0 Å². The summed E-state index contributed by atoms with van der Waals surface area (Å²) in [5, 5.41) is 1.82. The van der Waals surface area contributed by atoms with Crippen molar-refractivity contribution in [3.8, 4) is 0 Å². The van der Waals surface area contributed by atoms with Gasteiger partial charge in [0.15, 0.2) is 6.17 Å². The molecule has 1 N–H and O–H groups in total. The molecule has 1 atom stereocenters. The third kappa shape index (κ3) is 4.12. The van der Waals surface area contributed by atoms with Gasteiger partial charge in [0.05, 0.1) is 5.69 Å². The zero-order chi connectivity index (χ0) is 25.6. The molecule has 1 unspecified atom stereocenters. The number of amidine groups is 1. The van der Waals surface area contributed by atoms with E-state index < -0.39 is 59.1 Å². The Kier molecular flexibility index (Phi) is 6.22. The molecule has 184 valence electrons. The van der Waals surface area contributed by atoms with Gasteiger partial charge in [0, 0.05) is 25.7 Å². The predicted octanol–water partition coefficient (Wildman–Crippen LogP) is 5.15. The lowest BCUT2D eigenvalue weighted by atomic mass is 9.94. The molecule has 2 amide bonds. The minimum atomic E-state index is -6.04. The Balaban J connectivity index is 2.10. The summed E-state index contributed by atoms with van der Waals surface area (Å²) in [5.41, 5.74) is -5.75. The fraction of sp³-hybridized carbons (Fsp3) is 0.300. The third-order valence-electron chi connectivity index (χ3n) is 5.18. The van der Waals surface area contributed by atoms with Crippen molar-refractivity contribution in [2.24, 2.45) is 4.99 Å². The van der Waals surface area contributed by atoms with E-state index in [0.717, 1.165) is 43.4 Å². The topological polar surface area (TPSA) is 47.9 Å². The van der Waals surface area contributed by atoms with E-state index in [1.165, 1.54) is 0 Å². The Hall–Kier alpha value is -3.45. The van der Waals surface area contributed by atoms with Crippen molar-refractivity contribution in [2.75, 3.05) is 19.4 Å². The summed E-state index contributed by atoms with van der Waals surface area (Å²) in [6.07, 6.45) is -14.9. The number of urea groups is 1. The molecular weight excluding hydrogens is 483 g/mol. The number of nitrogens with one attached hydrogen (secondary N) is 1. The maximum atomic E-state index is 14.1. The highest BCUT2D eigenvalue weighted by Crippen LogP contribution is 2.53. The molecule has 5 nitrogen and oxygen atoms in total. The summed E-state index contributed by atoms with van der Waals surface area (Å²) >= 11 is 0. The van der Waals surface area contributed by atoms with Gasteiger partial charge >= 0.3 is 18.4 Å². The molecule has 0 fully saturated rings. The van der Waals surface area contributed by atoms with Crippen LogP contribution < -0.4 is 5.32 Å². The van der Waals surface area contributed by atoms with E-state index in [0.29, 0.717) is 18.0 Å². The molecular formula is C20H15F9N4O. The number of carbonyl (C=O) groups is 1. The Labute approximate surface area is 186 Å². The minimum absolute atomic E-state index is 0.0593. The molecule has 2 aromatic rings. The van der Waals surface area contributed by atoms with Crippen LogP contribution in [-0.4, -0.2) is 59.8 Å². The zero-order valence-corrected chi connectivity index (χ0v) is 17.3. The van der Waals surface area contributed by atoms with Crippen molar-refractivity contribution < 1.29 is 44.3 Å². The van der Waals surface area contributed by atoms with Crippen molar-refractivity contribution in [3.05, 3.63) is 65.5 Å². The summed E-state index contributed by atoms with van der Waals surface area (Å²) in [5.74, 6) is -3.93. The number of rotatable bonds is 3. The first-order valence-electron chi connectivity index (χ1n) is 9.31. The molecule has 34 heavy (non-hydrogen) atoms. The van der Waals surface area contributed by atoms with Gasteiger partial charge in [-0.15, -0.1) is 0 Å². The largest absolute Gasteiger partial charge is 0.426 e. The Morgan fingerprint density at radius 3 is 2.00 bits per heavy atom. The average Bonchev–Trinajstić information content (AvgIpc) is 3.04. The second-order valence-electron chi connectivity index (χ2n) is 7.35. The lowest BCUT2D eigenvalue weighted by Crippen LogP contribution is -2.69. The highest BCUT2D eigenvalue weighted by atomic mass is 19.4. The van der Waals surface area contributed by atoms with E-state index in [-0.39, 0.29) is 10.5 Å². The van der Waals surface area contributed by atoms with E-state index >= 15 is 0 Å². The maximum absolute atomic E-state index is 14.1. The van der Waals surface area contributed by atoms with Crippen LogP contribution in [0.15, 0.2) is 47.5 Å². The number of aliphatic imine (C=N–C) groups is 1. The monoisotopic (exact) mass is 498 g/mol. The zero-order valence-electron chi connectivity index (χ0n) is 17.3. The van der Waals surface area contributed by atoms with Gasteiger partial charge in [-0.2, -0.15) is 26.3 Å². The number of hydrogen-bond acceptors (Lipinski definition) is 3.